The summed E-state index contributed by atoms with van der Waals surface area (Å²) in [6.07, 6.45) is 1.55. The summed E-state index contributed by atoms with van der Waals surface area (Å²) in [6, 6.07) is 20.6. The third-order valence-corrected chi connectivity index (χ3v) is 8.92. The van der Waals surface area contributed by atoms with E-state index in [-0.39, 0.29) is 5.91 Å². The van der Waals surface area contributed by atoms with Crippen LogP contribution in [0.15, 0.2) is 71.6 Å². The summed E-state index contributed by atoms with van der Waals surface area (Å²) in [5, 5.41) is 0. The van der Waals surface area contributed by atoms with Gasteiger partial charge in [0.1, 0.15) is 5.75 Å². The van der Waals surface area contributed by atoms with E-state index >= 15 is 0 Å². The highest BCUT2D eigenvalue weighted by atomic mass is 32.2. The molecule has 7 nitrogen and oxygen atoms in total. The first-order valence-electron chi connectivity index (χ1n) is 12.3. The van der Waals surface area contributed by atoms with Crippen molar-refractivity contribution >= 4 is 27.3 Å². The predicted molar refractivity (Wildman–Crippen MR) is 142 cm³/mol. The molecule has 0 aliphatic carbocycles. The molecule has 36 heavy (non-hydrogen) atoms. The smallest absolute Gasteiger partial charge is 0.258 e. The second kappa shape index (κ2) is 9.95. The van der Waals surface area contributed by atoms with E-state index in [2.05, 4.69) is 4.90 Å². The normalized spacial score (nSPS) is 16.5. The zero-order valence-electron chi connectivity index (χ0n) is 20.7. The van der Waals surface area contributed by atoms with Gasteiger partial charge >= 0.3 is 0 Å². The number of aryl methyl sites for hydroxylation is 2. The molecule has 2 aliphatic rings. The first kappa shape index (κ1) is 24.3. The Bertz CT molecular complexity index is 1350. The van der Waals surface area contributed by atoms with Crippen molar-refractivity contribution in [3.05, 3.63) is 83.4 Å². The summed E-state index contributed by atoms with van der Waals surface area (Å²) in [5.74, 6) is 0.743. The average Bonchev–Trinajstić information content (AvgIpc) is 2.92. The molecule has 0 saturated carbocycles. The molecule has 1 fully saturated rings. The number of methoxy groups -OCH3 is 1. The summed E-state index contributed by atoms with van der Waals surface area (Å²) in [7, 11) is -1.99. The van der Waals surface area contributed by atoms with Crippen LogP contribution in [0.25, 0.3) is 0 Å². The molecular weight excluding hydrogens is 474 g/mol. The van der Waals surface area contributed by atoms with Gasteiger partial charge in [-0.2, -0.15) is 4.31 Å². The highest BCUT2D eigenvalue weighted by Crippen LogP contribution is 2.32. The van der Waals surface area contributed by atoms with Crippen molar-refractivity contribution in [2.24, 2.45) is 0 Å². The first-order valence-corrected chi connectivity index (χ1v) is 13.7. The number of rotatable bonds is 5. The topological polar surface area (TPSA) is 70.2 Å². The van der Waals surface area contributed by atoms with Crippen LogP contribution in [0.1, 0.15) is 27.9 Å². The molecule has 3 aromatic rings. The highest BCUT2D eigenvalue weighted by molar-refractivity contribution is 7.89. The van der Waals surface area contributed by atoms with Crippen molar-refractivity contribution in [2.75, 3.05) is 49.6 Å². The number of hydrogen-bond acceptors (Lipinski definition) is 5. The molecule has 0 aromatic heterocycles. The monoisotopic (exact) mass is 505 g/mol. The Morgan fingerprint density at radius 2 is 1.56 bits per heavy atom. The van der Waals surface area contributed by atoms with Crippen LogP contribution in [0, 0.1) is 6.92 Å². The molecule has 0 radical (unpaired) electrons. The maximum Gasteiger partial charge on any atom is 0.258 e. The Balaban J connectivity index is 1.31. The van der Waals surface area contributed by atoms with E-state index in [1.165, 1.54) is 0 Å². The van der Waals surface area contributed by atoms with Crippen molar-refractivity contribution in [3.8, 4) is 5.75 Å². The van der Waals surface area contributed by atoms with E-state index < -0.39 is 10.0 Å². The standard InChI is InChI=1S/C28H31N3O4S/c1-21-5-7-22(8-6-21)28(32)31-15-3-4-23-20-26(13-14-27(23)31)36(33,34)30-18-16-29(17-19-30)24-9-11-25(35-2)12-10-24/h5-14,20H,3-4,15-19H2,1-2H3. The maximum atomic E-state index is 13.5. The molecule has 5 rings (SSSR count). The minimum Gasteiger partial charge on any atom is -0.497 e. The zero-order chi connectivity index (χ0) is 25.3. The summed E-state index contributed by atoms with van der Waals surface area (Å²) in [5.41, 5.74) is 4.50. The van der Waals surface area contributed by atoms with Crippen molar-refractivity contribution < 1.29 is 17.9 Å². The van der Waals surface area contributed by atoms with Gasteiger partial charge in [0.15, 0.2) is 0 Å². The van der Waals surface area contributed by atoms with Gasteiger partial charge in [0.05, 0.1) is 12.0 Å². The van der Waals surface area contributed by atoms with Crippen LogP contribution in [0.3, 0.4) is 0 Å². The number of nitrogens with zero attached hydrogens (tertiary/aromatic N) is 3. The number of carbonyl (C=O) groups excluding carboxylic acids is 1. The van der Waals surface area contributed by atoms with Gasteiger partial charge < -0.3 is 14.5 Å². The average molecular weight is 506 g/mol. The predicted octanol–water partition coefficient (Wildman–Crippen LogP) is 4.11. The number of piperazine rings is 1. The SMILES string of the molecule is COc1ccc(N2CCN(S(=O)(=O)c3ccc4c(c3)CCCN4C(=O)c3ccc(C)cc3)CC2)cc1. The Hall–Kier alpha value is -3.36. The largest absolute Gasteiger partial charge is 0.497 e. The van der Waals surface area contributed by atoms with Crippen LogP contribution in [-0.2, 0) is 16.4 Å². The Kier molecular flexibility index (Phi) is 6.73. The minimum absolute atomic E-state index is 0.0544. The lowest BCUT2D eigenvalue weighted by molar-refractivity contribution is 0.0985. The van der Waals surface area contributed by atoms with Gasteiger partial charge in [0, 0.05) is 49.7 Å². The van der Waals surface area contributed by atoms with Crippen molar-refractivity contribution in [2.45, 2.75) is 24.7 Å². The maximum absolute atomic E-state index is 13.5. The fraction of sp³-hybridized carbons (Fsp3) is 0.321. The van der Waals surface area contributed by atoms with Gasteiger partial charge in [-0.3, -0.25) is 4.79 Å². The Morgan fingerprint density at radius 1 is 0.861 bits per heavy atom. The summed E-state index contributed by atoms with van der Waals surface area (Å²) in [4.78, 5) is 17.4. The van der Waals surface area contributed by atoms with Crippen LogP contribution in [0.4, 0.5) is 11.4 Å². The lowest BCUT2D eigenvalue weighted by Gasteiger charge is -2.35. The molecule has 0 N–H and O–H groups in total. The molecule has 188 valence electrons. The molecule has 8 heteroatoms. The first-order chi connectivity index (χ1) is 17.4. The lowest BCUT2D eigenvalue weighted by Crippen LogP contribution is -2.48. The van der Waals surface area contributed by atoms with Gasteiger partial charge in [-0.05, 0) is 79.9 Å². The highest BCUT2D eigenvalue weighted by Gasteiger charge is 2.31. The van der Waals surface area contributed by atoms with E-state index in [0.717, 1.165) is 41.1 Å². The minimum atomic E-state index is -3.62. The number of hydrogen-bond donors (Lipinski definition) is 0. The Labute approximate surface area is 212 Å². The third-order valence-electron chi connectivity index (χ3n) is 7.03. The van der Waals surface area contributed by atoms with Crippen LogP contribution >= 0.6 is 0 Å². The van der Waals surface area contributed by atoms with Gasteiger partial charge in [-0.25, -0.2) is 8.42 Å². The third kappa shape index (κ3) is 4.70. The molecule has 1 amide bonds. The fourth-order valence-electron chi connectivity index (χ4n) is 4.93. The van der Waals surface area contributed by atoms with Crippen LogP contribution in [-0.4, -0.2) is 58.5 Å². The number of amides is 1. The molecule has 3 aromatic carbocycles. The second-order valence-corrected chi connectivity index (χ2v) is 11.2. The van der Waals surface area contributed by atoms with E-state index in [1.807, 2.05) is 55.5 Å². The number of sulfonamides is 1. The summed E-state index contributed by atoms with van der Waals surface area (Å²) < 4.78 is 33.7. The number of fused-ring (bicyclic) bond motifs is 1. The van der Waals surface area contributed by atoms with Crippen molar-refractivity contribution in [1.82, 2.24) is 4.31 Å². The summed E-state index contributed by atoms with van der Waals surface area (Å²) in [6.45, 7) is 4.70. The molecule has 0 spiro atoms. The molecular formula is C28H31N3O4S. The molecule has 2 aliphatic heterocycles. The van der Waals surface area contributed by atoms with Crippen molar-refractivity contribution in [1.29, 1.82) is 0 Å². The van der Waals surface area contributed by atoms with E-state index in [9.17, 15) is 13.2 Å². The molecule has 1 saturated heterocycles. The van der Waals surface area contributed by atoms with Gasteiger partial charge in [-0.1, -0.05) is 17.7 Å². The van der Waals surface area contributed by atoms with E-state index in [1.54, 1.807) is 34.5 Å². The fourth-order valence-corrected chi connectivity index (χ4v) is 6.40. The van der Waals surface area contributed by atoms with Crippen molar-refractivity contribution in [3.63, 3.8) is 0 Å². The molecule has 2 heterocycles. The number of anilines is 2. The number of carbonyl (C=O) groups is 1. The van der Waals surface area contributed by atoms with E-state index in [4.69, 9.17) is 4.74 Å². The van der Waals surface area contributed by atoms with Gasteiger partial charge in [0.25, 0.3) is 5.91 Å². The van der Waals surface area contributed by atoms with E-state index in [0.29, 0.717) is 43.2 Å². The van der Waals surface area contributed by atoms with Crippen LogP contribution in [0.2, 0.25) is 0 Å². The van der Waals surface area contributed by atoms with Gasteiger partial charge in [0.2, 0.25) is 10.0 Å². The summed E-state index contributed by atoms with van der Waals surface area (Å²) >= 11 is 0. The lowest BCUT2D eigenvalue weighted by atomic mass is 10.0. The Morgan fingerprint density at radius 3 is 2.22 bits per heavy atom. The molecule has 0 bridgehead atoms. The molecule has 0 unspecified atom stereocenters. The number of benzene rings is 3. The second-order valence-electron chi connectivity index (χ2n) is 9.31. The molecule has 0 atom stereocenters. The van der Waals surface area contributed by atoms with Crippen LogP contribution < -0.4 is 14.5 Å². The number of ether oxygens (including phenoxy) is 1. The zero-order valence-corrected chi connectivity index (χ0v) is 21.5. The van der Waals surface area contributed by atoms with Crippen LogP contribution in [0.5, 0.6) is 5.75 Å². The quantitative estimate of drug-likeness (QED) is 0.522. The van der Waals surface area contributed by atoms with Gasteiger partial charge in [-0.15, -0.1) is 0 Å².